The molecule has 1 aliphatic rings. The van der Waals surface area contributed by atoms with Crippen LogP contribution in [-0.2, 0) is 11.2 Å². The van der Waals surface area contributed by atoms with Crippen LogP contribution in [-0.4, -0.2) is 91.3 Å². The molecular formula is C28H40O11. The van der Waals surface area contributed by atoms with E-state index in [1.165, 1.54) is 28.4 Å². The molecule has 0 aromatic heterocycles. The minimum absolute atomic E-state index is 0.110. The van der Waals surface area contributed by atoms with Crippen LogP contribution in [0.1, 0.15) is 49.3 Å². The molecule has 1 heterocycles. The Balaban J connectivity index is 2.22. The smallest absolute Gasteiger partial charge is 0.229 e. The molecular weight excluding hydrogens is 512 g/mol. The lowest BCUT2D eigenvalue weighted by Gasteiger charge is -2.40. The Labute approximate surface area is 228 Å². The normalized spacial score (nSPS) is 23.7. The number of rotatable bonds is 12. The zero-order valence-corrected chi connectivity index (χ0v) is 23.2. The number of hydrogen-bond acceptors (Lipinski definition) is 11. The van der Waals surface area contributed by atoms with Crippen LogP contribution in [0.4, 0.5) is 0 Å². The third-order valence-corrected chi connectivity index (χ3v) is 7.01. The van der Waals surface area contributed by atoms with E-state index >= 15 is 0 Å². The van der Waals surface area contributed by atoms with Gasteiger partial charge in [-0.2, -0.15) is 0 Å². The maximum absolute atomic E-state index is 10.6. The number of phenolic OH excluding ortho intramolecular Hbond substituents is 1. The molecule has 0 saturated carbocycles. The van der Waals surface area contributed by atoms with E-state index in [0.717, 1.165) is 23.1 Å². The molecule has 11 heteroatoms. The van der Waals surface area contributed by atoms with Crippen LogP contribution in [0, 0.1) is 0 Å². The number of aromatic hydroxyl groups is 1. The zero-order valence-electron chi connectivity index (χ0n) is 23.2. The summed E-state index contributed by atoms with van der Waals surface area (Å²) in [7, 11) is 5.88. The fourth-order valence-corrected chi connectivity index (χ4v) is 5.01. The Morgan fingerprint density at radius 2 is 1.44 bits per heavy atom. The average Bonchev–Trinajstić information content (AvgIpc) is 2.95. The molecule has 6 atom stereocenters. The van der Waals surface area contributed by atoms with Crippen molar-refractivity contribution in [2.45, 2.75) is 69.7 Å². The van der Waals surface area contributed by atoms with Crippen molar-refractivity contribution in [3.63, 3.8) is 0 Å². The Kier molecular flexibility index (Phi) is 10.5. The molecule has 6 unspecified atom stereocenters. The topological polar surface area (TPSA) is 157 Å². The van der Waals surface area contributed by atoms with E-state index in [9.17, 15) is 25.5 Å². The third kappa shape index (κ3) is 5.97. The Morgan fingerprint density at radius 1 is 0.821 bits per heavy atom. The van der Waals surface area contributed by atoms with Gasteiger partial charge in [-0.05, 0) is 42.2 Å². The van der Waals surface area contributed by atoms with Crippen molar-refractivity contribution in [1.82, 2.24) is 0 Å². The molecule has 0 aliphatic carbocycles. The summed E-state index contributed by atoms with van der Waals surface area (Å²) in [5.41, 5.74) is 2.52. The van der Waals surface area contributed by atoms with Crippen molar-refractivity contribution in [2.24, 2.45) is 0 Å². The number of aliphatic hydroxyl groups is 4. The number of hydrogen-bond donors (Lipinski definition) is 5. The molecule has 39 heavy (non-hydrogen) atoms. The van der Waals surface area contributed by atoms with E-state index < -0.39 is 37.3 Å². The van der Waals surface area contributed by atoms with Crippen LogP contribution in [0.2, 0.25) is 0 Å². The first-order valence-electron chi connectivity index (χ1n) is 12.9. The first-order valence-corrected chi connectivity index (χ1v) is 12.9. The number of methoxy groups -OCH3 is 4. The van der Waals surface area contributed by atoms with Gasteiger partial charge in [0, 0.05) is 11.5 Å². The first kappa shape index (κ1) is 30.6. The summed E-state index contributed by atoms with van der Waals surface area (Å²) in [5.74, 6) is 0.888. The molecule has 0 amide bonds. The molecule has 5 N–H and O–H groups in total. The maximum Gasteiger partial charge on any atom is 0.229 e. The van der Waals surface area contributed by atoms with Gasteiger partial charge in [-0.3, -0.25) is 0 Å². The maximum atomic E-state index is 10.6. The standard InChI is InChI=1S/C28H40O11/c1-7-9-14-10-19(36-5)26(39-28-25(33)24(32)23(31)20(13-29)38-28)27(37-6)21(14)16(8-2)15-11-17(34-3)22(30)18(12-15)35-4/h10-12,16,20,23-25,28-33H,7-9,13H2,1-6H3. The van der Waals surface area contributed by atoms with Gasteiger partial charge < -0.3 is 54.0 Å². The highest BCUT2D eigenvalue weighted by atomic mass is 16.7. The number of ether oxygens (including phenoxy) is 6. The minimum atomic E-state index is -1.62. The Morgan fingerprint density at radius 3 is 1.92 bits per heavy atom. The average molecular weight is 553 g/mol. The van der Waals surface area contributed by atoms with E-state index in [1.807, 2.05) is 13.0 Å². The Bertz CT molecular complexity index is 1080. The molecule has 1 aliphatic heterocycles. The van der Waals surface area contributed by atoms with Crippen LogP contribution < -0.4 is 23.7 Å². The van der Waals surface area contributed by atoms with E-state index in [0.29, 0.717) is 24.3 Å². The van der Waals surface area contributed by atoms with Crippen LogP contribution in [0.15, 0.2) is 18.2 Å². The van der Waals surface area contributed by atoms with Gasteiger partial charge in [0.25, 0.3) is 0 Å². The summed E-state index contributed by atoms with van der Waals surface area (Å²) < 4.78 is 34.0. The SMILES string of the molecule is CCCc1cc(OC)c(OC2OC(CO)C(O)C(O)C2O)c(OC)c1C(CC)c1cc(OC)c(O)c(OC)c1. The molecule has 0 spiro atoms. The van der Waals surface area contributed by atoms with Crippen molar-refractivity contribution in [3.05, 3.63) is 34.9 Å². The molecule has 3 rings (SSSR count). The molecule has 218 valence electrons. The fourth-order valence-electron chi connectivity index (χ4n) is 5.01. The summed E-state index contributed by atoms with van der Waals surface area (Å²) in [6.07, 6.45) is -5.22. The molecule has 2 aromatic carbocycles. The lowest BCUT2D eigenvalue weighted by Crippen LogP contribution is -2.60. The number of benzene rings is 2. The van der Waals surface area contributed by atoms with Crippen molar-refractivity contribution < 1.29 is 54.0 Å². The second kappa shape index (κ2) is 13.4. The highest BCUT2D eigenvalue weighted by Gasteiger charge is 2.45. The lowest BCUT2D eigenvalue weighted by atomic mass is 9.83. The van der Waals surface area contributed by atoms with Gasteiger partial charge in [0.2, 0.25) is 17.8 Å². The van der Waals surface area contributed by atoms with E-state index in [1.54, 1.807) is 12.1 Å². The molecule has 1 saturated heterocycles. The van der Waals surface area contributed by atoms with Gasteiger partial charge >= 0.3 is 0 Å². The van der Waals surface area contributed by atoms with Crippen molar-refractivity contribution in [1.29, 1.82) is 0 Å². The van der Waals surface area contributed by atoms with Crippen molar-refractivity contribution in [2.75, 3.05) is 35.0 Å². The number of phenols is 1. The van der Waals surface area contributed by atoms with Crippen LogP contribution in [0.3, 0.4) is 0 Å². The zero-order chi connectivity index (χ0) is 28.9. The highest BCUT2D eigenvalue weighted by Crippen LogP contribution is 2.50. The summed E-state index contributed by atoms with van der Waals surface area (Å²) in [6.45, 7) is 3.46. The quantitative estimate of drug-likeness (QED) is 0.263. The van der Waals surface area contributed by atoms with Gasteiger partial charge in [-0.15, -0.1) is 0 Å². The molecule has 0 radical (unpaired) electrons. The fraction of sp³-hybridized carbons (Fsp3) is 0.571. The molecule has 11 nitrogen and oxygen atoms in total. The summed E-state index contributed by atoms with van der Waals surface area (Å²) in [4.78, 5) is 0. The van der Waals surface area contributed by atoms with Gasteiger partial charge in [-0.25, -0.2) is 0 Å². The highest BCUT2D eigenvalue weighted by molar-refractivity contribution is 5.63. The van der Waals surface area contributed by atoms with Crippen LogP contribution in [0.25, 0.3) is 0 Å². The van der Waals surface area contributed by atoms with Gasteiger partial charge in [0.1, 0.15) is 24.4 Å². The number of aryl methyl sites for hydroxylation is 1. The Hall–Kier alpha value is -2.96. The van der Waals surface area contributed by atoms with Crippen LogP contribution in [0.5, 0.6) is 34.5 Å². The van der Waals surface area contributed by atoms with Gasteiger partial charge in [0.05, 0.1) is 35.0 Å². The van der Waals surface area contributed by atoms with E-state index in [2.05, 4.69) is 6.92 Å². The van der Waals surface area contributed by atoms with E-state index in [4.69, 9.17) is 28.4 Å². The molecule has 1 fully saturated rings. The summed E-state index contributed by atoms with van der Waals surface area (Å²) in [6, 6.07) is 5.31. The predicted octanol–water partition coefficient (Wildman–Crippen LogP) is 2.10. The largest absolute Gasteiger partial charge is 0.502 e. The molecule has 0 bridgehead atoms. The van der Waals surface area contributed by atoms with Crippen LogP contribution >= 0.6 is 0 Å². The number of aliphatic hydroxyl groups excluding tert-OH is 4. The molecule has 2 aromatic rings. The third-order valence-electron chi connectivity index (χ3n) is 7.01. The monoisotopic (exact) mass is 552 g/mol. The predicted molar refractivity (Wildman–Crippen MR) is 141 cm³/mol. The summed E-state index contributed by atoms with van der Waals surface area (Å²) in [5, 5.41) is 51.2. The first-order chi connectivity index (χ1) is 18.7. The summed E-state index contributed by atoms with van der Waals surface area (Å²) >= 11 is 0. The van der Waals surface area contributed by atoms with E-state index in [-0.39, 0.29) is 28.9 Å². The minimum Gasteiger partial charge on any atom is -0.502 e. The lowest BCUT2D eigenvalue weighted by molar-refractivity contribution is -0.277. The van der Waals surface area contributed by atoms with Gasteiger partial charge in [-0.1, -0.05) is 20.3 Å². The van der Waals surface area contributed by atoms with Gasteiger partial charge in [0.15, 0.2) is 23.0 Å². The second-order valence-corrected chi connectivity index (χ2v) is 9.31. The second-order valence-electron chi connectivity index (χ2n) is 9.31. The van der Waals surface area contributed by atoms with Crippen molar-refractivity contribution >= 4 is 0 Å². The van der Waals surface area contributed by atoms with Crippen molar-refractivity contribution in [3.8, 4) is 34.5 Å².